The molecule has 2 N–H and O–H groups in total. The molecule has 0 aliphatic carbocycles. The second kappa shape index (κ2) is 6.70. The maximum absolute atomic E-state index is 12.3. The van der Waals surface area contributed by atoms with Crippen molar-refractivity contribution in [1.29, 1.82) is 0 Å². The van der Waals surface area contributed by atoms with Crippen LogP contribution in [0.1, 0.15) is 23.2 Å². The van der Waals surface area contributed by atoms with Crippen LogP contribution in [0.4, 0.5) is 0 Å². The molecule has 5 nitrogen and oxygen atoms in total. The number of halogens is 1. The molecule has 0 bridgehead atoms. The number of hydrogen-bond acceptors (Lipinski definition) is 4. The van der Waals surface area contributed by atoms with Crippen LogP contribution in [0.3, 0.4) is 0 Å². The fraction of sp³-hybridized carbons (Fsp3) is 0.429. The van der Waals surface area contributed by atoms with Crippen molar-refractivity contribution < 1.29 is 19.4 Å². The molecule has 0 atom stereocenters. The largest absolute Gasteiger partial charge is 0.496 e. The number of hydrogen-bond donors (Lipinski definition) is 2. The molecule has 1 aliphatic rings. The van der Waals surface area contributed by atoms with E-state index in [0.717, 1.165) is 11.5 Å². The summed E-state index contributed by atoms with van der Waals surface area (Å²) in [4.78, 5) is 23.9. The first-order chi connectivity index (χ1) is 9.98. The molecule has 1 fully saturated rings. The summed E-state index contributed by atoms with van der Waals surface area (Å²) >= 11 is 5.02. The Labute approximate surface area is 135 Å². The lowest BCUT2D eigenvalue weighted by Gasteiger charge is -2.33. The van der Waals surface area contributed by atoms with Crippen LogP contribution in [0.5, 0.6) is 5.75 Å². The van der Waals surface area contributed by atoms with Gasteiger partial charge in [-0.1, -0.05) is 0 Å². The predicted octanol–water partition coefficient (Wildman–Crippen LogP) is 2.54. The SMILES string of the molecule is COc1ccc(C(=O)NC2(C(=O)O)CCSCC2)cc1Br. The standard InChI is InChI=1S/C14H16BrNO4S/c1-20-11-3-2-9(8-10(11)15)12(17)16-14(13(18)19)4-6-21-7-5-14/h2-3,8H,4-7H2,1H3,(H,16,17)(H,18,19). The lowest BCUT2D eigenvalue weighted by Crippen LogP contribution is -2.56. The van der Waals surface area contributed by atoms with Gasteiger partial charge in [0, 0.05) is 5.56 Å². The Morgan fingerprint density at radius 1 is 1.38 bits per heavy atom. The summed E-state index contributed by atoms with van der Waals surface area (Å²) in [6.07, 6.45) is 0.881. The van der Waals surface area contributed by atoms with Crippen LogP contribution < -0.4 is 10.1 Å². The monoisotopic (exact) mass is 373 g/mol. The zero-order chi connectivity index (χ0) is 15.5. The highest BCUT2D eigenvalue weighted by Gasteiger charge is 2.41. The van der Waals surface area contributed by atoms with E-state index < -0.39 is 11.5 Å². The van der Waals surface area contributed by atoms with Crippen molar-refractivity contribution in [2.75, 3.05) is 18.6 Å². The van der Waals surface area contributed by atoms with Crippen molar-refractivity contribution in [3.8, 4) is 5.75 Å². The van der Waals surface area contributed by atoms with Crippen LogP contribution in [0.25, 0.3) is 0 Å². The third-order valence-corrected chi connectivity index (χ3v) is 5.13. The molecule has 2 rings (SSSR count). The number of methoxy groups -OCH3 is 1. The molecule has 1 aromatic rings. The zero-order valence-corrected chi connectivity index (χ0v) is 13.9. The number of rotatable bonds is 4. The molecule has 0 spiro atoms. The fourth-order valence-electron chi connectivity index (χ4n) is 2.21. The van der Waals surface area contributed by atoms with E-state index in [4.69, 9.17) is 4.74 Å². The zero-order valence-electron chi connectivity index (χ0n) is 11.5. The summed E-state index contributed by atoms with van der Waals surface area (Å²) in [6, 6.07) is 4.91. The Morgan fingerprint density at radius 2 is 2.05 bits per heavy atom. The summed E-state index contributed by atoms with van der Waals surface area (Å²) in [5.74, 6) is 0.738. The summed E-state index contributed by atoms with van der Waals surface area (Å²) in [6.45, 7) is 0. The van der Waals surface area contributed by atoms with Gasteiger partial charge in [-0.15, -0.1) is 0 Å². The van der Waals surface area contributed by atoms with E-state index in [1.54, 1.807) is 37.1 Å². The molecule has 1 saturated heterocycles. The number of carboxylic acids is 1. The summed E-state index contributed by atoms with van der Waals surface area (Å²) in [5.41, 5.74) is -0.754. The first-order valence-electron chi connectivity index (χ1n) is 6.46. The van der Waals surface area contributed by atoms with Gasteiger partial charge in [0.2, 0.25) is 0 Å². The summed E-state index contributed by atoms with van der Waals surface area (Å²) < 4.78 is 5.77. The van der Waals surface area contributed by atoms with E-state index in [9.17, 15) is 14.7 Å². The second-order valence-electron chi connectivity index (χ2n) is 4.80. The van der Waals surface area contributed by atoms with E-state index in [1.165, 1.54) is 0 Å². The van der Waals surface area contributed by atoms with E-state index in [-0.39, 0.29) is 5.91 Å². The van der Waals surface area contributed by atoms with Crippen LogP contribution in [-0.4, -0.2) is 41.1 Å². The average Bonchev–Trinajstić information content (AvgIpc) is 2.47. The molecule has 0 unspecified atom stereocenters. The Hall–Kier alpha value is -1.21. The van der Waals surface area contributed by atoms with Crippen molar-refractivity contribution in [3.05, 3.63) is 28.2 Å². The highest BCUT2D eigenvalue weighted by atomic mass is 79.9. The van der Waals surface area contributed by atoms with E-state index in [0.29, 0.717) is 28.6 Å². The van der Waals surface area contributed by atoms with Crippen LogP contribution in [0.2, 0.25) is 0 Å². The molecule has 1 aromatic carbocycles. The number of carboxylic acid groups (broad SMARTS) is 1. The molecule has 1 amide bonds. The van der Waals surface area contributed by atoms with Crippen LogP contribution in [0, 0.1) is 0 Å². The molecular weight excluding hydrogens is 358 g/mol. The Bertz CT molecular complexity index is 558. The second-order valence-corrected chi connectivity index (χ2v) is 6.88. The minimum absolute atomic E-state index is 0.382. The Kier molecular flexibility index (Phi) is 5.16. The van der Waals surface area contributed by atoms with Crippen molar-refractivity contribution >= 4 is 39.6 Å². The van der Waals surface area contributed by atoms with Gasteiger partial charge < -0.3 is 15.2 Å². The van der Waals surface area contributed by atoms with Crippen molar-refractivity contribution in [1.82, 2.24) is 5.32 Å². The highest BCUT2D eigenvalue weighted by Crippen LogP contribution is 2.29. The van der Waals surface area contributed by atoms with Gasteiger partial charge in [-0.3, -0.25) is 4.79 Å². The molecule has 21 heavy (non-hydrogen) atoms. The normalized spacial score (nSPS) is 17.0. The first-order valence-corrected chi connectivity index (χ1v) is 8.40. The van der Waals surface area contributed by atoms with Gasteiger partial charge in [0.1, 0.15) is 11.3 Å². The molecule has 0 radical (unpaired) electrons. The smallest absolute Gasteiger partial charge is 0.329 e. The topological polar surface area (TPSA) is 75.6 Å². The molecule has 0 aromatic heterocycles. The van der Waals surface area contributed by atoms with Gasteiger partial charge in [0.05, 0.1) is 11.6 Å². The minimum atomic E-state index is -1.16. The quantitative estimate of drug-likeness (QED) is 0.847. The van der Waals surface area contributed by atoms with E-state index in [1.807, 2.05) is 0 Å². The maximum atomic E-state index is 12.3. The first kappa shape index (κ1) is 16.2. The van der Waals surface area contributed by atoms with Gasteiger partial charge in [-0.25, -0.2) is 4.79 Å². The van der Waals surface area contributed by atoms with Gasteiger partial charge in [-0.2, -0.15) is 11.8 Å². The number of carbonyl (C=O) groups is 2. The lowest BCUT2D eigenvalue weighted by molar-refractivity contribution is -0.144. The fourth-order valence-corrected chi connectivity index (χ4v) is 3.94. The molecule has 7 heteroatoms. The maximum Gasteiger partial charge on any atom is 0.329 e. The van der Waals surface area contributed by atoms with Gasteiger partial charge in [0.15, 0.2) is 0 Å². The number of aliphatic carboxylic acids is 1. The third-order valence-electron chi connectivity index (χ3n) is 3.52. The average molecular weight is 374 g/mol. The van der Waals surface area contributed by atoms with E-state index >= 15 is 0 Å². The lowest BCUT2D eigenvalue weighted by atomic mass is 9.92. The van der Waals surface area contributed by atoms with Crippen molar-refractivity contribution in [2.24, 2.45) is 0 Å². The molecule has 0 saturated carbocycles. The number of benzene rings is 1. The van der Waals surface area contributed by atoms with Crippen molar-refractivity contribution in [3.63, 3.8) is 0 Å². The highest BCUT2D eigenvalue weighted by molar-refractivity contribution is 9.10. The Balaban J connectivity index is 2.19. The van der Waals surface area contributed by atoms with Gasteiger partial charge in [0.25, 0.3) is 5.91 Å². The number of ether oxygens (including phenoxy) is 1. The van der Waals surface area contributed by atoms with Crippen LogP contribution in [0.15, 0.2) is 22.7 Å². The Morgan fingerprint density at radius 3 is 2.57 bits per heavy atom. The van der Waals surface area contributed by atoms with E-state index in [2.05, 4.69) is 21.2 Å². The third kappa shape index (κ3) is 3.52. The minimum Gasteiger partial charge on any atom is -0.496 e. The van der Waals surface area contributed by atoms with Crippen molar-refractivity contribution in [2.45, 2.75) is 18.4 Å². The molecule has 1 aliphatic heterocycles. The molecule has 114 valence electrons. The number of amides is 1. The molecule has 1 heterocycles. The summed E-state index contributed by atoms with van der Waals surface area (Å²) in [7, 11) is 1.54. The van der Waals surface area contributed by atoms with Gasteiger partial charge >= 0.3 is 5.97 Å². The predicted molar refractivity (Wildman–Crippen MR) is 85.1 cm³/mol. The number of nitrogens with one attached hydrogen (secondary N) is 1. The molecular formula is C14H16BrNO4S. The number of carbonyl (C=O) groups excluding carboxylic acids is 1. The summed E-state index contributed by atoms with van der Waals surface area (Å²) in [5, 5.41) is 12.2. The van der Waals surface area contributed by atoms with Crippen LogP contribution in [-0.2, 0) is 4.79 Å². The van der Waals surface area contributed by atoms with Gasteiger partial charge in [-0.05, 0) is 58.5 Å². The van der Waals surface area contributed by atoms with Crippen LogP contribution >= 0.6 is 27.7 Å². The number of thioether (sulfide) groups is 1.